The van der Waals surface area contributed by atoms with Crippen LogP contribution < -0.4 is 0 Å². The summed E-state index contributed by atoms with van der Waals surface area (Å²) in [7, 11) is 0. The van der Waals surface area contributed by atoms with Crippen LogP contribution in [0.1, 0.15) is 60.8 Å². The summed E-state index contributed by atoms with van der Waals surface area (Å²) in [5.74, 6) is -2.02. The van der Waals surface area contributed by atoms with E-state index in [1.807, 2.05) is 13.0 Å². The predicted molar refractivity (Wildman–Crippen MR) is 120 cm³/mol. The maximum absolute atomic E-state index is 13.1. The molecule has 0 heterocycles. The molecule has 1 aliphatic rings. The molecule has 0 radical (unpaired) electrons. The van der Waals surface area contributed by atoms with Crippen molar-refractivity contribution in [2.75, 3.05) is 6.61 Å². The van der Waals surface area contributed by atoms with Crippen LogP contribution in [0.25, 0.3) is 0 Å². The molecular formula is C25H36O6. The van der Waals surface area contributed by atoms with Crippen LogP contribution in [0.3, 0.4) is 0 Å². The number of aliphatic hydroxyl groups is 2. The zero-order valence-electron chi connectivity index (χ0n) is 19.5. The Morgan fingerprint density at radius 3 is 2.45 bits per heavy atom. The smallest absolute Gasteiger partial charge is 0.335 e. The van der Waals surface area contributed by atoms with Gasteiger partial charge in [-0.1, -0.05) is 30.7 Å². The average molecular weight is 433 g/mol. The molecule has 0 aliphatic heterocycles. The second-order valence-electron chi connectivity index (χ2n) is 9.40. The molecule has 0 amide bonds. The Hall–Kier alpha value is -2.31. The summed E-state index contributed by atoms with van der Waals surface area (Å²) in [5.41, 5.74) is -0.391. The minimum atomic E-state index is -0.979. The topological polar surface area (TPSA) is 101 Å². The molecule has 1 rings (SSSR count). The van der Waals surface area contributed by atoms with Crippen molar-refractivity contribution in [2.24, 2.45) is 17.3 Å². The highest BCUT2D eigenvalue weighted by molar-refractivity contribution is 6.00. The quantitative estimate of drug-likeness (QED) is 0.248. The van der Waals surface area contributed by atoms with Crippen molar-refractivity contribution >= 4 is 17.5 Å². The maximum atomic E-state index is 13.1. The third-order valence-electron chi connectivity index (χ3n) is 5.37. The molecule has 6 heteroatoms. The van der Waals surface area contributed by atoms with E-state index in [4.69, 9.17) is 4.74 Å². The number of ether oxygens (including phenoxy) is 1. The Bertz CT molecular complexity index is 789. The Kier molecular flexibility index (Phi) is 9.78. The van der Waals surface area contributed by atoms with Crippen LogP contribution in [0.5, 0.6) is 0 Å². The molecule has 31 heavy (non-hydrogen) atoms. The zero-order valence-corrected chi connectivity index (χ0v) is 19.5. The Morgan fingerprint density at radius 1 is 1.29 bits per heavy atom. The van der Waals surface area contributed by atoms with Gasteiger partial charge in [0.25, 0.3) is 0 Å². The summed E-state index contributed by atoms with van der Waals surface area (Å²) in [5, 5.41) is 19.7. The van der Waals surface area contributed by atoms with Gasteiger partial charge in [0.15, 0.2) is 5.78 Å². The predicted octanol–water partition coefficient (Wildman–Crippen LogP) is 3.84. The van der Waals surface area contributed by atoms with Crippen LogP contribution in [-0.2, 0) is 19.1 Å². The molecule has 1 aliphatic carbocycles. The maximum Gasteiger partial charge on any atom is 0.335 e. The monoisotopic (exact) mass is 432 g/mol. The molecular weight excluding hydrogens is 396 g/mol. The molecule has 0 aromatic rings. The van der Waals surface area contributed by atoms with Crippen LogP contribution in [0, 0.1) is 17.3 Å². The van der Waals surface area contributed by atoms with Crippen molar-refractivity contribution in [3.63, 3.8) is 0 Å². The molecule has 2 N–H and O–H groups in total. The lowest BCUT2D eigenvalue weighted by Crippen LogP contribution is -2.35. The first-order valence-electron chi connectivity index (χ1n) is 10.5. The van der Waals surface area contributed by atoms with Gasteiger partial charge in [-0.2, -0.15) is 0 Å². The molecule has 0 unspecified atom stereocenters. The van der Waals surface area contributed by atoms with Crippen molar-refractivity contribution in [3.05, 3.63) is 47.8 Å². The van der Waals surface area contributed by atoms with E-state index in [2.05, 4.69) is 0 Å². The average Bonchev–Trinajstić information content (AvgIpc) is 2.70. The number of esters is 1. The molecule has 0 aromatic carbocycles. The van der Waals surface area contributed by atoms with Gasteiger partial charge in [0, 0.05) is 24.0 Å². The van der Waals surface area contributed by atoms with Crippen molar-refractivity contribution in [1.29, 1.82) is 0 Å². The van der Waals surface area contributed by atoms with Crippen molar-refractivity contribution < 1.29 is 29.3 Å². The third-order valence-corrected chi connectivity index (χ3v) is 5.37. The normalized spacial score (nSPS) is 24.8. The lowest BCUT2D eigenvalue weighted by molar-refractivity contribution is -0.132. The van der Waals surface area contributed by atoms with Gasteiger partial charge in [-0.25, -0.2) is 4.79 Å². The summed E-state index contributed by atoms with van der Waals surface area (Å²) in [4.78, 5) is 36.9. The van der Waals surface area contributed by atoms with Crippen LogP contribution >= 0.6 is 0 Å². The highest BCUT2D eigenvalue weighted by Gasteiger charge is 2.43. The number of hydrogen-bond acceptors (Lipinski definition) is 6. The summed E-state index contributed by atoms with van der Waals surface area (Å²) >= 11 is 0. The molecule has 0 fully saturated rings. The van der Waals surface area contributed by atoms with E-state index in [0.717, 1.165) is 5.57 Å². The van der Waals surface area contributed by atoms with Gasteiger partial charge in [0.1, 0.15) is 5.78 Å². The fraction of sp³-hybridized carbons (Fsp3) is 0.560. The van der Waals surface area contributed by atoms with E-state index in [0.29, 0.717) is 18.4 Å². The summed E-state index contributed by atoms with van der Waals surface area (Å²) in [6, 6.07) is 0. The van der Waals surface area contributed by atoms with E-state index in [1.165, 1.54) is 19.3 Å². The van der Waals surface area contributed by atoms with Gasteiger partial charge in [-0.05, 0) is 64.9 Å². The number of carbonyl (C=O) groups is 3. The number of allylic oxidation sites excluding steroid dienone is 4. The van der Waals surface area contributed by atoms with E-state index >= 15 is 0 Å². The molecule has 6 nitrogen and oxygen atoms in total. The van der Waals surface area contributed by atoms with Gasteiger partial charge in [-0.3, -0.25) is 4.79 Å². The number of aliphatic hydroxyl groups excluding tert-OH is 1. The molecule has 0 bridgehead atoms. The van der Waals surface area contributed by atoms with Crippen molar-refractivity contribution in [3.8, 4) is 0 Å². The third kappa shape index (κ3) is 8.75. The number of Topliss-reactive ketones (excluding diaryl/α,β-unsaturated/α-hetero) is 2. The van der Waals surface area contributed by atoms with Crippen LogP contribution in [-0.4, -0.2) is 40.0 Å². The fourth-order valence-electron chi connectivity index (χ4n) is 3.81. The number of carbonyl (C=O) groups excluding carboxylic acids is 3. The van der Waals surface area contributed by atoms with Crippen molar-refractivity contribution in [1.82, 2.24) is 0 Å². The largest absolute Gasteiger partial charge is 0.432 e. The van der Waals surface area contributed by atoms with Crippen LogP contribution in [0.4, 0.5) is 0 Å². The van der Waals surface area contributed by atoms with Crippen molar-refractivity contribution in [2.45, 2.75) is 66.4 Å². The van der Waals surface area contributed by atoms with Gasteiger partial charge < -0.3 is 19.7 Å². The Balaban J connectivity index is 3.38. The molecule has 3 atom stereocenters. The summed E-state index contributed by atoms with van der Waals surface area (Å²) in [6.07, 6.45) is 10.6. The summed E-state index contributed by atoms with van der Waals surface area (Å²) < 4.78 is 5.17. The van der Waals surface area contributed by atoms with Crippen LogP contribution in [0.2, 0.25) is 0 Å². The highest BCUT2D eigenvalue weighted by atomic mass is 16.5. The van der Waals surface area contributed by atoms with Gasteiger partial charge in [0.05, 0.1) is 18.5 Å². The number of rotatable bonds is 9. The summed E-state index contributed by atoms with van der Waals surface area (Å²) in [6.45, 7) is 9.94. The van der Waals surface area contributed by atoms with E-state index in [1.54, 1.807) is 45.9 Å². The minimum absolute atomic E-state index is 0.0257. The number of ketones is 2. The van der Waals surface area contributed by atoms with Crippen LogP contribution in [0.15, 0.2) is 47.8 Å². The second-order valence-corrected chi connectivity index (χ2v) is 9.40. The van der Waals surface area contributed by atoms with Gasteiger partial charge in [-0.15, -0.1) is 0 Å². The molecule has 0 aromatic heterocycles. The first-order chi connectivity index (χ1) is 14.3. The lowest BCUT2D eigenvalue weighted by atomic mass is 9.66. The molecule has 0 spiro atoms. The molecule has 172 valence electrons. The highest BCUT2D eigenvalue weighted by Crippen LogP contribution is 2.46. The SMILES string of the molecule is CC(=O)C[C@@H]1C(=O)C(CO)=CC[C@](C)(C/C=C/C(C)(C)O)[C@H]1/C=C/OC(=O)C=C(C)C. The van der Waals surface area contributed by atoms with E-state index < -0.39 is 35.4 Å². The minimum Gasteiger partial charge on any atom is -0.432 e. The van der Waals surface area contributed by atoms with E-state index in [-0.39, 0.29) is 18.0 Å². The standard InChI is InChI=1S/C25H36O6/c1-17(2)14-22(28)31-13-9-21-20(15-18(3)27)23(29)19(16-26)8-12-25(21,6)11-7-10-24(4,5)30/h7-10,13-14,20-21,26,30H,11-12,15-16H2,1-6H3/b10-7+,13-9+/t20-,21-,25-/m0/s1. The second kappa shape index (κ2) is 11.3. The van der Waals surface area contributed by atoms with Gasteiger partial charge in [0.2, 0.25) is 0 Å². The fourth-order valence-corrected chi connectivity index (χ4v) is 3.81. The first kappa shape index (κ1) is 26.7. The lowest BCUT2D eigenvalue weighted by Gasteiger charge is -2.37. The Morgan fingerprint density at radius 2 is 1.94 bits per heavy atom. The Labute approximate surface area is 185 Å². The molecule has 0 saturated carbocycles. The first-order valence-corrected chi connectivity index (χ1v) is 10.5. The molecule has 0 saturated heterocycles. The van der Waals surface area contributed by atoms with E-state index in [9.17, 15) is 24.6 Å². The number of hydrogen-bond donors (Lipinski definition) is 2. The van der Waals surface area contributed by atoms with Gasteiger partial charge >= 0.3 is 5.97 Å². The zero-order chi connectivity index (χ0) is 23.8.